The van der Waals surface area contributed by atoms with Crippen LogP contribution in [-0.4, -0.2) is 22.8 Å². The third-order valence-electron chi connectivity index (χ3n) is 4.83. The Kier molecular flexibility index (Phi) is 6.19. The van der Waals surface area contributed by atoms with E-state index >= 15 is 0 Å². The summed E-state index contributed by atoms with van der Waals surface area (Å²) in [5.74, 6) is 2.55. The minimum atomic E-state index is -0.0872. The van der Waals surface area contributed by atoms with Crippen molar-refractivity contribution in [2.75, 3.05) is 13.2 Å². The van der Waals surface area contributed by atoms with Crippen molar-refractivity contribution in [2.24, 2.45) is 5.73 Å². The van der Waals surface area contributed by atoms with Crippen LogP contribution < -0.4 is 15.2 Å². The van der Waals surface area contributed by atoms with Crippen LogP contribution in [0, 0.1) is 0 Å². The number of fused-ring (bicyclic) bond motifs is 2. The molecule has 2 N–H and O–H groups in total. The molecule has 0 amide bonds. The Morgan fingerprint density at radius 2 is 1.68 bits per heavy atom. The van der Waals surface area contributed by atoms with Crippen molar-refractivity contribution in [3.8, 4) is 11.5 Å². The number of hydrogen-bond acceptors (Lipinski definition) is 4. The molecule has 0 bridgehead atoms. The molecule has 25 heavy (non-hydrogen) atoms. The average molecular weight is 345 g/mol. The van der Waals surface area contributed by atoms with Crippen molar-refractivity contribution in [1.82, 2.24) is 9.55 Å². The summed E-state index contributed by atoms with van der Waals surface area (Å²) < 4.78 is 13.7. The number of aryl methyl sites for hydroxylation is 1. The van der Waals surface area contributed by atoms with E-state index < -0.39 is 0 Å². The number of rotatable bonds is 9. The summed E-state index contributed by atoms with van der Waals surface area (Å²) in [6.45, 7) is 6.41. The topological polar surface area (TPSA) is 62.3 Å². The SMILES string of the molecule is CCCCCCCCCn1c(C(C)N)nc2cc3c(cc21)OCCO3. The van der Waals surface area contributed by atoms with Gasteiger partial charge in [0.15, 0.2) is 11.5 Å². The third-order valence-corrected chi connectivity index (χ3v) is 4.83. The molecule has 2 aromatic rings. The molecule has 0 aliphatic carbocycles. The Morgan fingerprint density at radius 3 is 2.36 bits per heavy atom. The van der Waals surface area contributed by atoms with Crippen LogP contribution in [0.4, 0.5) is 0 Å². The number of benzene rings is 1. The number of nitrogens with zero attached hydrogens (tertiary/aromatic N) is 2. The van der Waals surface area contributed by atoms with Crippen molar-refractivity contribution in [2.45, 2.75) is 71.4 Å². The minimum Gasteiger partial charge on any atom is -0.486 e. The van der Waals surface area contributed by atoms with Gasteiger partial charge in [0.25, 0.3) is 0 Å². The summed E-state index contributed by atoms with van der Waals surface area (Å²) >= 11 is 0. The molecule has 0 saturated heterocycles. The highest BCUT2D eigenvalue weighted by Crippen LogP contribution is 2.35. The van der Waals surface area contributed by atoms with Crippen LogP contribution in [0.25, 0.3) is 11.0 Å². The molecule has 1 unspecified atom stereocenters. The Labute approximate surface area is 150 Å². The van der Waals surface area contributed by atoms with Crippen molar-refractivity contribution in [3.05, 3.63) is 18.0 Å². The highest BCUT2D eigenvalue weighted by molar-refractivity contribution is 5.81. The molecule has 5 nitrogen and oxygen atoms in total. The van der Waals surface area contributed by atoms with E-state index in [1.54, 1.807) is 0 Å². The predicted octanol–water partition coefficient (Wildman–Crippen LogP) is 4.58. The first-order valence-corrected chi connectivity index (χ1v) is 9.76. The van der Waals surface area contributed by atoms with Crippen molar-refractivity contribution >= 4 is 11.0 Å². The van der Waals surface area contributed by atoms with Crippen LogP contribution >= 0.6 is 0 Å². The molecule has 3 rings (SSSR count). The van der Waals surface area contributed by atoms with Gasteiger partial charge in [-0.25, -0.2) is 4.98 Å². The monoisotopic (exact) mass is 345 g/mol. The standard InChI is InChI=1S/C20H31N3O2/c1-3-4-5-6-7-8-9-10-23-17-14-19-18(24-11-12-25-19)13-16(17)22-20(23)15(2)21/h13-15H,3-12,21H2,1-2H3. The van der Waals surface area contributed by atoms with Crippen molar-refractivity contribution in [1.29, 1.82) is 0 Å². The van der Waals surface area contributed by atoms with E-state index in [0.29, 0.717) is 13.2 Å². The first-order chi connectivity index (χ1) is 12.2. The van der Waals surface area contributed by atoms with Gasteiger partial charge in [0.1, 0.15) is 19.0 Å². The average Bonchev–Trinajstić information content (AvgIpc) is 2.97. The summed E-state index contributed by atoms with van der Waals surface area (Å²) in [7, 11) is 0. The van der Waals surface area contributed by atoms with Gasteiger partial charge in [-0.2, -0.15) is 0 Å². The maximum absolute atomic E-state index is 6.17. The minimum absolute atomic E-state index is 0.0872. The number of hydrogen-bond donors (Lipinski definition) is 1. The molecule has 5 heteroatoms. The molecule has 1 atom stereocenters. The van der Waals surface area contributed by atoms with Gasteiger partial charge >= 0.3 is 0 Å². The zero-order valence-electron chi connectivity index (χ0n) is 15.6. The molecule has 0 saturated carbocycles. The lowest BCUT2D eigenvalue weighted by molar-refractivity contribution is 0.172. The van der Waals surface area contributed by atoms with Gasteiger partial charge in [-0.05, 0) is 13.3 Å². The summed E-state index contributed by atoms with van der Waals surface area (Å²) in [6, 6.07) is 3.96. The quantitative estimate of drug-likeness (QED) is 0.676. The first-order valence-electron chi connectivity index (χ1n) is 9.76. The fourth-order valence-corrected chi connectivity index (χ4v) is 3.49. The molecule has 0 spiro atoms. The van der Waals surface area contributed by atoms with Crippen LogP contribution in [0.1, 0.15) is 70.7 Å². The second-order valence-corrected chi connectivity index (χ2v) is 7.02. The Morgan fingerprint density at radius 1 is 1.04 bits per heavy atom. The lowest BCUT2D eigenvalue weighted by atomic mass is 10.1. The molecule has 1 aliphatic rings. The molecule has 1 aromatic heterocycles. The van der Waals surface area contributed by atoms with Gasteiger partial charge < -0.3 is 19.8 Å². The van der Waals surface area contributed by atoms with E-state index in [1.807, 2.05) is 13.0 Å². The molecule has 0 radical (unpaired) electrons. The zero-order valence-corrected chi connectivity index (χ0v) is 15.6. The number of nitrogens with two attached hydrogens (primary N) is 1. The first kappa shape index (κ1) is 18.1. The molecule has 0 fully saturated rings. The van der Waals surface area contributed by atoms with Crippen LogP contribution in [0.2, 0.25) is 0 Å². The molecule has 1 aromatic carbocycles. The summed E-state index contributed by atoms with van der Waals surface area (Å²) in [5.41, 5.74) is 8.21. The van der Waals surface area contributed by atoms with E-state index in [0.717, 1.165) is 41.3 Å². The van der Waals surface area contributed by atoms with Crippen LogP contribution in [0.5, 0.6) is 11.5 Å². The highest BCUT2D eigenvalue weighted by Gasteiger charge is 2.19. The second kappa shape index (κ2) is 8.56. The van der Waals surface area contributed by atoms with Crippen molar-refractivity contribution in [3.63, 3.8) is 0 Å². The van der Waals surface area contributed by atoms with Crippen molar-refractivity contribution < 1.29 is 9.47 Å². The van der Waals surface area contributed by atoms with E-state index in [-0.39, 0.29) is 6.04 Å². The normalized spacial score (nSPS) is 14.8. The number of unbranched alkanes of at least 4 members (excludes halogenated alkanes) is 6. The lowest BCUT2D eigenvalue weighted by Gasteiger charge is -2.18. The smallest absolute Gasteiger partial charge is 0.163 e. The van der Waals surface area contributed by atoms with E-state index in [1.165, 1.54) is 38.5 Å². The van der Waals surface area contributed by atoms with Gasteiger partial charge in [-0.3, -0.25) is 0 Å². The zero-order chi connectivity index (χ0) is 17.6. The number of ether oxygens (including phenoxy) is 2. The Bertz CT molecular complexity index is 694. The van der Waals surface area contributed by atoms with Gasteiger partial charge in [-0.1, -0.05) is 45.4 Å². The molecular formula is C20H31N3O2. The molecule has 138 valence electrons. The van der Waals surface area contributed by atoms with Crippen LogP contribution in [0.3, 0.4) is 0 Å². The molecule has 2 heterocycles. The lowest BCUT2D eigenvalue weighted by Crippen LogP contribution is -2.15. The number of imidazole rings is 1. The highest BCUT2D eigenvalue weighted by atomic mass is 16.6. The molecule has 1 aliphatic heterocycles. The van der Waals surface area contributed by atoms with E-state index in [4.69, 9.17) is 20.2 Å². The van der Waals surface area contributed by atoms with Crippen LogP contribution in [0.15, 0.2) is 12.1 Å². The second-order valence-electron chi connectivity index (χ2n) is 7.02. The van der Waals surface area contributed by atoms with Gasteiger partial charge in [0.05, 0.1) is 17.1 Å². The largest absolute Gasteiger partial charge is 0.486 e. The van der Waals surface area contributed by atoms with Gasteiger partial charge in [0.2, 0.25) is 0 Å². The van der Waals surface area contributed by atoms with Gasteiger partial charge in [-0.15, -0.1) is 0 Å². The summed E-state index contributed by atoms with van der Waals surface area (Å²) in [5, 5.41) is 0. The fourth-order valence-electron chi connectivity index (χ4n) is 3.49. The van der Waals surface area contributed by atoms with E-state index in [9.17, 15) is 0 Å². The van der Waals surface area contributed by atoms with E-state index in [2.05, 4.69) is 17.6 Å². The van der Waals surface area contributed by atoms with Crippen LogP contribution in [-0.2, 0) is 6.54 Å². The predicted molar refractivity (Wildman–Crippen MR) is 101 cm³/mol. The maximum atomic E-state index is 6.17. The number of aromatic nitrogens is 2. The summed E-state index contributed by atoms with van der Waals surface area (Å²) in [6.07, 6.45) is 9.09. The Balaban J connectivity index is 1.72. The Hall–Kier alpha value is -1.75. The fraction of sp³-hybridized carbons (Fsp3) is 0.650. The summed E-state index contributed by atoms with van der Waals surface area (Å²) in [4.78, 5) is 4.76. The molecular weight excluding hydrogens is 314 g/mol. The third kappa shape index (κ3) is 4.27. The maximum Gasteiger partial charge on any atom is 0.163 e. The van der Waals surface area contributed by atoms with Gasteiger partial charge in [0, 0.05) is 18.7 Å².